The molecule has 22 heavy (non-hydrogen) atoms. The summed E-state index contributed by atoms with van der Waals surface area (Å²) in [7, 11) is 0. The Labute approximate surface area is 124 Å². The summed E-state index contributed by atoms with van der Waals surface area (Å²) in [4.78, 5) is 24.7. The first kappa shape index (κ1) is 16.1. The van der Waals surface area contributed by atoms with E-state index in [1.54, 1.807) is 6.92 Å². The van der Waals surface area contributed by atoms with Gasteiger partial charge < -0.3 is 14.7 Å². The Morgan fingerprint density at radius 1 is 1.36 bits per heavy atom. The van der Waals surface area contributed by atoms with Gasteiger partial charge in [-0.05, 0) is 18.1 Å². The van der Waals surface area contributed by atoms with Crippen LogP contribution in [0.3, 0.4) is 0 Å². The quantitative estimate of drug-likeness (QED) is 0.924. The molecule has 0 spiro atoms. The minimum Gasteiger partial charge on any atom is -0.481 e. The zero-order valence-electron chi connectivity index (χ0n) is 11.6. The number of halogens is 3. The number of benzene rings is 1. The lowest BCUT2D eigenvalue weighted by Gasteiger charge is -2.18. The fraction of sp³-hybridized carbons (Fsp3) is 0.429. The van der Waals surface area contributed by atoms with Gasteiger partial charge in [0.05, 0.1) is 11.5 Å². The van der Waals surface area contributed by atoms with Crippen molar-refractivity contribution in [3.05, 3.63) is 29.6 Å². The highest BCUT2D eigenvalue weighted by Crippen LogP contribution is 2.28. The Hall–Kier alpha value is -2.25. The molecular formula is C14H14F3NO4. The molecule has 2 atom stereocenters. The third-order valence-electron chi connectivity index (χ3n) is 3.61. The molecule has 8 heteroatoms. The highest BCUT2D eigenvalue weighted by molar-refractivity contribution is 5.97. The van der Waals surface area contributed by atoms with Gasteiger partial charge in [-0.25, -0.2) is 4.39 Å². The van der Waals surface area contributed by atoms with E-state index in [-0.39, 0.29) is 24.6 Å². The maximum Gasteiger partial charge on any atom is 0.387 e. The van der Waals surface area contributed by atoms with Crippen LogP contribution >= 0.6 is 0 Å². The van der Waals surface area contributed by atoms with Gasteiger partial charge in [-0.2, -0.15) is 8.78 Å². The summed E-state index contributed by atoms with van der Waals surface area (Å²) in [6, 6.07) is 2.71. The number of aliphatic carboxylic acids is 1. The number of amides is 1. The Kier molecular flexibility index (Phi) is 4.58. The van der Waals surface area contributed by atoms with E-state index < -0.39 is 36.0 Å². The van der Waals surface area contributed by atoms with Crippen LogP contribution in [0.1, 0.15) is 17.3 Å². The molecule has 0 radical (unpaired) electrons. The van der Waals surface area contributed by atoms with E-state index in [4.69, 9.17) is 5.11 Å². The van der Waals surface area contributed by atoms with Crippen LogP contribution < -0.4 is 4.74 Å². The number of hydrogen-bond acceptors (Lipinski definition) is 3. The second kappa shape index (κ2) is 6.25. The Morgan fingerprint density at radius 3 is 2.59 bits per heavy atom. The zero-order valence-corrected chi connectivity index (χ0v) is 11.6. The maximum atomic E-state index is 13.1. The van der Waals surface area contributed by atoms with Gasteiger partial charge in [0.25, 0.3) is 5.91 Å². The number of alkyl halides is 2. The summed E-state index contributed by atoms with van der Waals surface area (Å²) in [6.45, 7) is -1.35. The van der Waals surface area contributed by atoms with Gasteiger partial charge in [0.1, 0.15) is 11.6 Å². The lowest BCUT2D eigenvalue weighted by molar-refractivity contribution is -0.142. The highest BCUT2D eigenvalue weighted by Gasteiger charge is 2.38. The van der Waals surface area contributed by atoms with Crippen molar-refractivity contribution in [3.63, 3.8) is 0 Å². The van der Waals surface area contributed by atoms with E-state index in [9.17, 15) is 22.8 Å². The van der Waals surface area contributed by atoms with Crippen molar-refractivity contribution in [3.8, 4) is 5.75 Å². The van der Waals surface area contributed by atoms with Crippen molar-refractivity contribution in [1.29, 1.82) is 0 Å². The number of carboxylic acids is 1. The molecule has 1 aliphatic heterocycles. The Bertz CT molecular complexity index is 593. The number of carbonyl (C=O) groups excluding carboxylic acids is 1. The van der Waals surface area contributed by atoms with E-state index in [0.717, 1.165) is 12.1 Å². The number of carbonyl (C=O) groups is 2. The average Bonchev–Trinajstić information content (AvgIpc) is 2.80. The van der Waals surface area contributed by atoms with Gasteiger partial charge in [-0.15, -0.1) is 0 Å². The van der Waals surface area contributed by atoms with Crippen molar-refractivity contribution in [2.24, 2.45) is 11.8 Å². The van der Waals surface area contributed by atoms with E-state index >= 15 is 0 Å². The Balaban J connectivity index is 2.25. The number of carboxylic acid groups (broad SMARTS) is 1. The Morgan fingerprint density at radius 2 is 2.05 bits per heavy atom. The molecule has 2 rings (SSSR count). The molecular weight excluding hydrogens is 303 g/mol. The van der Waals surface area contributed by atoms with Crippen molar-refractivity contribution < 1.29 is 32.6 Å². The van der Waals surface area contributed by atoms with Gasteiger partial charge in [0.15, 0.2) is 0 Å². The number of ether oxygens (including phenoxy) is 1. The minimum atomic E-state index is -3.20. The molecule has 0 unspecified atom stereocenters. The fourth-order valence-corrected chi connectivity index (χ4v) is 2.49. The monoisotopic (exact) mass is 317 g/mol. The lowest BCUT2D eigenvalue weighted by Crippen LogP contribution is -2.30. The largest absolute Gasteiger partial charge is 0.481 e. The van der Waals surface area contributed by atoms with Crippen LogP contribution in [-0.2, 0) is 4.79 Å². The first-order valence-electron chi connectivity index (χ1n) is 6.56. The van der Waals surface area contributed by atoms with Crippen LogP contribution in [0, 0.1) is 17.7 Å². The van der Waals surface area contributed by atoms with Crippen molar-refractivity contribution in [2.75, 3.05) is 13.1 Å². The molecule has 1 saturated heterocycles. The number of nitrogens with zero attached hydrogens (tertiary/aromatic N) is 1. The van der Waals surface area contributed by atoms with Crippen molar-refractivity contribution in [1.82, 2.24) is 4.90 Å². The van der Waals surface area contributed by atoms with Gasteiger partial charge >= 0.3 is 12.6 Å². The summed E-state index contributed by atoms with van der Waals surface area (Å²) in [5, 5.41) is 9.05. The first-order valence-corrected chi connectivity index (χ1v) is 6.56. The molecule has 5 nitrogen and oxygen atoms in total. The van der Waals surface area contributed by atoms with Gasteiger partial charge in [0.2, 0.25) is 0 Å². The third-order valence-corrected chi connectivity index (χ3v) is 3.61. The zero-order chi connectivity index (χ0) is 16.4. The van der Waals surface area contributed by atoms with Crippen molar-refractivity contribution >= 4 is 11.9 Å². The molecule has 1 aromatic rings. The second-order valence-electron chi connectivity index (χ2n) is 5.15. The van der Waals surface area contributed by atoms with Gasteiger partial charge in [0, 0.05) is 19.2 Å². The first-order chi connectivity index (χ1) is 10.3. The minimum absolute atomic E-state index is 0.0270. The molecule has 0 bridgehead atoms. The summed E-state index contributed by atoms with van der Waals surface area (Å²) >= 11 is 0. The van der Waals surface area contributed by atoms with Crippen LogP contribution in [0.2, 0.25) is 0 Å². The maximum absolute atomic E-state index is 13.1. The predicted molar refractivity (Wildman–Crippen MR) is 69.2 cm³/mol. The highest BCUT2D eigenvalue weighted by atomic mass is 19.3. The SMILES string of the molecule is C[C@@H]1CN(C(=O)c2ccc(F)cc2OC(F)F)C[C@H]1C(=O)O. The van der Waals surface area contributed by atoms with Crippen LogP contribution in [0.15, 0.2) is 18.2 Å². The van der Waals surface area contributed by atoms with Crippen LogP contribution in [0.4, 0.5) is 13.2 Å². The van der Waals surface area contributed by atoms with Crippen molar-refractivity contribution in [2.45, 2.75) is 13.5 Å². The molecule has 120 valence electrons. The molecule has 0 aliphatic carbocycles. The molecule has 0 saturated carbocycles. The number of hydrogen-bond donors (Lipinski definition) is 1. The summed E-state index contributed by atoms with van der Waals surface area (Å²) in [5.41, 5.74) is -0.222. The van der Waals surface area contributed by atoms with E-state index in [1.807, 2.05) is 0 Å². The molecule has 1 fully saturated rings. The summed E-state index contributed by atoms with van der Waals surface area (Å²) in [5.74, 6) is -4.04. The lowest BCUT2D eigenvalue weighted by atomic mass is 9.99. The third kappa shape index (κ3) is 3.32. The van der Waals surface area contributed by atoms with Crippen LogP contribution in [0.5, 0.6) is 5.75 Å². The topological polar surface area (TPSA) is 66.8 Å². The molecule has 1 amide bonds. The van der Waals surface area contributed by atoms with Crippen LogP contribution in [-0.4, -0.2) is 41.6 Å². The van der Waals surface area contributed by atoms with E-state index in [1.165, 1.54) is 4.90 Å². The number of likely N-dealkylation sites (tertiary alicyclic amines) is 1. The standard InChI is InChI=1S/C14H14F3NO4/c1-7-5-18(6-10(7)13(20)21)12(19)9-3-2-8(15)4-11(9)22-14(16)17/h2-4,7,10,14H,5-6H2,1H3,(H,20,21)/t7-,10-/m1/s1. The fourth-order valence-electron chi connectivity index (χ4n) is 2.49. The van der Waals surface area contributed by atoms with E-state index in [0.29, 0.717) is 6.07 Å². The number of rotatable bonds is 4. The average molecular weight is 317 g/mol. The van der Waals surface area contributed by atoms with E-state index in [2.05, 4.69) is 4.74 Å². The molecule has 1 aliphatic rings. The summed E-state index contributed by atoms with van der Waals surface area (Å²) in [6.07, 6.45) is 0. The molecule has 1 N–H and O–H groups in total. The molecule has 0 aromatic heterocycles. The summed E-state index contributed by atoms with van der Waals surface area (Å²) < 4.78 is 42.0. The normalized spacial score (nSPS) is 21.2. The van der Waals surface area contributed by atoms with Gasteiger partial charge in [-0.3, -0.25) is 9.59 Å². The van der Waals surface area contributed by atoms with Gasteiger partial charge in [-0.1, -0.05) is 6.92 Å². The second-order valence-corrected chi connectivity index (χ2v) is 5.15. The van der Waals surface area contributed by atoms with Crippen LogP contribution in [0.25, 0.3) is 0 Å². The smallest absolute Gasteiger partial charge is 0.387 e. The molecule has 1 aromatic carbocycles. The predicted octanol–water partition coefficient (Wildman–Crippen LogP) is 2.22. The molecule has 1 heterocycles.